The van der Waals surface area contributed by atoms with Crippen molar-refractivity contribution in [2.45, 2.75) is 59.4 Å². The third kappa shape index (κ3) is 5.39. The number of nitrogens with zero attached hydrogens (tertiary/aromatic N) is 1. The van der Waals surface area contributed by atoms with Crippen molar-refractivity contribution in [1.29, 1.82) is 0 Å². The van der Waals surface area contributed by atoms with Crippen molar-refractivity contribution in [3.05, 3.63) is 0 Å². The second kappa shape index (κ2) is 6.95. The van der Waals surface area contributed by atoms with Crippen LogP contribution in [-0.4, -0.2) is 41.1 Å². The van der Waals surface area contributed by atoms with Crippen molar-refractivity contribution in [2.75, 3.05) is 13.1 Å². The summed E-state index contributed by atoms with van der Waals surface area (Å²) in [7, 11) is 0. The number of hydrogen-bond acceptors (Lipinski definition) is 2. The van der Waals surface area contributed by atoms with Crippen LogP contribution in [0.4, 0.5) is 4.79 Å². The molecule has 5 heteroatoms. The van der Waals surface area contributed by atoms with Gasteiger partial charge in [0.05, 0.1) is 5.92 Å². The minimum absolute atomic E-state index is 0.0267. The first-order valence-electron chi connectivity index (χ1n) is 7.51. The second-order valence-electron chi connectivity index (χ2n) is 6.91. The lowest BCUT2D eigenvalue weighted by Gasteiger charge is -2.32. The van der Waals surface area contributed by atoms with E-state index in [-0.39, 0.29) is 23.4 Å². The van der Waals surface area contributed by atoms with E-state index in [2.05, 4.69) is 26.1 Å². The number of carboxylic acid groups (broad SMARTS) is 1. The molecule has 0 heterocycles. The Morgan fingerprint density at radius 1 is 1.20 bits per heavy atom. The molecule has 1 saturated carbocycles. The van der Waals surface area contributed by atoms with Crippen LogP contribution in [-0.2, 0) is 4.79 Å². The van der Waals surface area contributed by atoms with Crippen LogP contribution in [0.25, 0.3) is 0 Å². The summed E-state index contributed by atoms with van der Waals surface area (Å²) in [6.07, 6.45) is 2.84. The summed E-state index contributed by atoms with van der Waals surface area (Å²) in [6, 6.07) is 0.0910. The van der Waals surface area contributed by atoms with Crippen molar-refractivity contribution < 1.29 is 14.7 Å². The molecule has 0 aromatic rings. The molecule has 5 nitrogen and oxygen atoms in total. The predicted octanol–water partition coefficient (Wildman–Crippen LogP) is 2.71. The standard InChI is InChI=1S/C15H28N2O3/c1-5-17(10-15(2,3)4)14(20)16-12-8-6-11(7-9-12)13(18)19/h11-12H,5-10H2,1-4H3,(H,16,20)(H,18,19). The summed E-state index contributed by atoms with van der Waals surface area (Å²) in [5.41, 5.74) is 0.0777. The smallest absolute Gasteiger partial charge is 0.317 e. The summed E-state index contributed by atoms with van der Waals surface area (Å²) in [5.74, 6) is -0.947. The Kier molecular flexibility index (Phi) is 5.84. The number of carboxylic acids is 1. The Labute approximate surface area is 121 Å². The SMILES string of the molecule is CCN(CC(C)(C)C)C(=O)NC1CCC(C(=O)O)CC1. The fourth-order valence-corrected chi connectivity index (χ4v) is 2.65. The molecule has 0 aromatic carbocycles. The van der Waals surface area contributed by atoms with Crippen molar-refractivity contribution in [1.82, 2.24) is 10.2 Å². The molecular formula is C15H28N2O3. The molecule has 20 heavy (non-hydrogen) atoms. The van der Waals surface area contributed by atoms with Gasteiger partial charge in [0.2, 0.25) is 0 Å². The van der Waals surface area contributed by atoms with Gasteiger partial charge in [-0.25, -0.2) is 4.79 Å². The van der Waals surface area contributed by atoms with Crippen LogP contribution in [0.3, 0.4) is 0 Å². The maximum atomic E-state index is 12.2. The lowest BCUT2D eigenvalue weighted by molar-refractivity contribution is -0.142. The minimum atomic E-state index is -0.710. The molecule has 2 amide bonds. The molecule has 2 N–H and O–H groups in total. The summed E-state index contributed by atoms with van der Waals surface area (Å²) >= 11 is 0. The van der Waals surface area contributed by atoms with Crippen molar-refractivity contribution >= 4 is 12.0 Å². The Morgan fingerprint density at radius 2 is 1.75 bits per heavy atom. The third-order valence-corrected chi connectivity index (χ3v) is 3.74. The molecule has 0 unspecified atom stereocenters. The molecular weight excluding hydrogens is 256 g/mol. The van der Waals surface area contributed by atoms with Gasteiger partial charge in [0.25, 0.3) is 0 Å². The highest BCUT2D eigenvalue weighted by Gasteiger charge is 2.28. The molecule has 1 rings (SSSR count). The van der Waals surface area contributed by atoms with Crippen LogP contribution in [0, 0.1) is 11.3 Å². The zero-order chi connectivity index (χ0) is 15.3. The van der Waals surface area contributed by atoms with Crippen LogP contribution < -0.4 is 5.32 Å². The lowest BCUT2D eigenvalue weighted by atomic mass is 9.86. The van der Waals surface area contributed by atoms with Crippen LogP contribution in [0.15, 0.2) is 0 Å². The van der Waals surface area contributed by atoms with Crippen LogP contribution in [0.5, 0.6) is 0 Å². The number of urea groups is 1. The Hall–Kier alpha value is -1.26. The highest BCUT2D eigenvalue weighted by atomic mass is 16.4. The maximum Gasteiger partial charge on any atom is 0.317 e. The largest absolute Gasteiger partial charge is 0.481 e. The Balaban J connectivity index is 2.44. The van der Waals surface area contributed by atoms with Crippen LogP contribution in [0.1, 0.15) is 53.4 Å². The molecule has 0 aromatic heterocycles. The van der Waals surface area contributed by atoms with Gasteiger partial charge in [-0.3, -0.25) is 4.79 Å². The number of hydrogen-bond donors (Lipinski definition) is 2. The van der Waals surface area contributed by atoms with Gasteiger partial charge >= 0.3 is 12.0 Å². The fourth-order valence-electron chi connectivity index (χ4n) is 2.65. The number of rotatable bonds is 4. The lowest BCUT2D eigenvalue weighted by Crippen LogP contribution is -2.48. The van der Waals surface area contributed by atoms with E-state index >= 15 is 0 Å². The van der Waals surface area contributed by atoms with Gasteiger partial charge < -0.3 is 15.3 Å². The minimum Gasteiger partial charge on any atom is -0.481 e. The highest BCUT2D eigenvalue weighted by molar-refractivity contribution is 5.74. The van der Waals surface area contributed by atoms with Crippen molar-refractivity contribution in [3.63, 3.8) is 0 Å². The van der Waals surface area contributed by atoms with Gasteiger partial charge in [-0.1, -0.05) is 20.8 Å². The van der Waals surface area contributed by atoms with E-state index in [0.717, 1.165) is 19.4 Å². The molecule has 0 bridgehead atoms. The second-order valence-corrected chi connectivity index (χ2v) is 6.91. The normalized spacial score (nSPS) is 23.2. The van der Waals surface area contributed by atoms with E-state index in [0.29, 0.717) is 19.4 Å². The van der Waals surface area contributed by atoms with Crippen LogP contribution in [0.2, 0.25) is 0 Å². The first-order valence-corrected chi connectivity index (χ1v) is 7.51. The highest BCUT2D eigenvalue weighted by Crippen LogP contribution is 2.24. The van der Waals surface area contributed by atoms with E-state index in [1.165, 1.54) is 0 Å². The van der Waals surface area contributed by atoms with Crippen LogP contribution >= 0.6 is 0 Å². The number of carbonyl (C=O) groups excluding carboxylic acids is 1. The van der Waals surface area contributed by atoms with Gasteiger partial charge in [0.15, 0.2) is 0 Å². The summed E-state index contributed by atoms with van der Waals surface area (Å²) in [4.78, 5) is 25.0. The fraction of sp³-hybridized carbons (Fsp3) is 0.867. The number of nitrogens with one attached hydrogen (secondary N) is 1. The Morgan fingerprint density at radius 3 is 2.15 bits per heavy atom. The molecule has 0 spiro atoms. The van der Waals surface area contributed by atoms with Gasteiger partial charge in [0.1, 0.15) is 0 Å². The number of carbonyl (C=O) groups is 2. The molecule has 0 atom stereocenters. The van der Waals surface area contributed by atoms with Crippen molar-refractivity contribution in [2.24, 2.45) is 11.3 Å². The topological polar surface area (TPSA) is 69.6 Å². The van der Waals surface area contributed by atoms with E-state index in [4.69, 9.17) is 5.11 Å². The van der Waals surface area contributed by atoms with Crippen molar-refractivity contribution in [3.8, 4) is 0 Å². The van der Waals surface area contributed by atoms with Gasteiger partial charge in [-0.2, -0.15) is 0 Å². The van der Waals surface area contributed by atoms with E-state index in [1.54, 1.807) is 0 Å². The molecule has 0 aliphatic heterocycles. The first kappa shape index (κ1) is 16.8. The predicted molar refractivity (Wildman–Crippen MR) is 78.6 cm³/mol. The monoisotopic (exact) mass is 284 g/mol. The third-order valence-electron chi connectivity index (χ3n) is 3.74. The zero-order valence-corrected chi connectivity index (χ0v) is 13.1. The average Bonchev–Trinajstić information content (AvgIpc) is 2.35. The molecule has 116 valence electrons. The maximum absolute atomic E-state index is 12.2. The molecule has 1 fully saturated rings. The summed E-state index contributed by atoms with van der Waals surface area (Å²) < 4.78 is 0. The van der Waals surface area contributed by atoms with E-state index < -0.39 is 5.97 Å². The number of aliphatic carboxylic acids is 1. The Bertz CT molecular complexity index is 342. The molecule has 1 aliphatic carbocycles. The first-order chi connectivity index (χ1) is 9.23. The number of amides is 2. The van der Waals surface area contributed by atoms with Gasteiger partial charge in [-0.15, -0.1) is 0 Å². The zero-order valence-electron chi connectivity index (χ0n) is 13.1. The van der Waals surface area contributed by atoms with Gasteiger partial charge in [0, 0.05) is 19.1 Å². The summed E-state index contributed by atoms with van der Waals surface area (Å²) in [6.45, 7) is 9.73. The van der Waals surface area contributed by atoms with E-state index in [1.807, 2.05) is 11.8 Å². The molecule has 1 aliphatic rings. The molecule has 0 saturated heterocycles. The molecule has 0 radical (unpaired) electrons. The quantitative estimate of drug-likeness (QED) is 0.834. The van der Waals surface area contributed by atoms with Gasteiger partial charge in [-0.05, 0) is 38.0 Å². The average molecular weight is 284 g/mol. The van der Waals surface area contributed by atoms with E-state index in [9.17, 15) is 9.59 Å². The summed E-state index contributed by atoms with van der Waals surface area (Å²) in [5, 5.41) is 12.0.